The van der Waals surface area contributed by atoms with Crippen LogP contribution in [0.1, 0.15) is 13.8 Å². The second kappa shape index (κ2) is 6.50. The molecule has 0 radical (unpaired) electrons. The van der Waals surface area contributed by atoms with Gasteiger partial charge in [0, 0.05) is 19.3 Å². The fourth-order valence-corrected chi connectivity index (χ4v) is 2.43. The summed E-state index contributed by atoms with van der Waals surface area (Å²) in [4.78, 5) is 12.1. The molecule has 8 nitrogen and oxygen atoms in total. The van der Waals surface area contributed by atoms with Crippen LogP contribution in [0.3, 0.4) is 0 Å². The Balaban J connectivity index is 2.84. The van der Waals surface area contributed by atoms with Crippen molar-refractivity contribution in [1.82, 2.24) is 15.0 Å². The van der Waals surface area contributed by atoms with Gasteiger partial charge in [0.05, 0.1) is 12.4 Å². The number of ether oxygens (including phenoxy) is 1. The molecule has 1 aromatic rings. The molecule has 9 heteroatoms. The van der Waals surface area contributed by atoms with E-state index in [-0.39, 0.29) is 23.8 Å². The van der Waals surface area contributed by atoms with E-state index in [2.05, 4.69) is 25.6 Å². The number of nitrogens with zero attached hydrogens (tertiary/aromatic N) is 3. The van der Waals surface area contributed by atoms with Crippen LogP contribution in [0, 0.1) is 0 Å². The van der Waals surface area contributed by atoms with Crippen LogP contribution in [0.5, 0.6) is 6.01 Å². The summed E-state index contributed by atoms with van der Waals surface area (Å²) in [5.74, 6) is 0.629. The van der Waals surface area contributed by atoms with Gasteiger partial charge in [-0.3, -0.25) is 0 Å². The van der Waals surface area contributed by atoms with Crippen LogP contribution in [0.25, 0.3) is 0 Å². The summed E-state index contributed by atoms with van der Waals surface area (Å²) in [7, 11) is -1.38. The Morgan fingerprint density at radius 2 is 1.89 bits per heavy atom. The minimum atomic E-state index is -3.06. The average molecular weight is 289 g/mol. The first kappa shape index (κ1) is 15.4. The molecule has 1 rings (SSSR count). The van der Waals surface area contributed by atoms with Gasteiger partial charge >= 0.3 is 6.01 Å². The quantitative estimate of drug-likeness (QED) is 0.731. The van der Waals surface area contributed by atoms with E-state index < -0.39 is 9.84 Å². The number of aromatic nitrogens is 3. The monoisotopic (exact) mass is 289 g/mol. The summed E-state index contributed by atoms with van der Waals surface area (Å²) < 4.78 is 27.6. The van der Waals surface area contributed by atoms with Gasteiger partial charge in [-0.1, -0.05) is 0 Å². The Labute approximate surface area is 112 Å². The lowest BCUT2D eigenvalue weighted by Gasteiger charge is -2.13. The van der Waals surface area contributed by atoms with Crippen LogP contribution in [0.4, 0.5) is 11.9 Å². The van der Waals surface area contributed by atoms with Crippen molar-refractivity contribution in [2.45, 2.75) is 19.9 Å². The van der Waals surface area contributed by atoms with Crippen LogP contribution >= 0.6 is 0 Å². The van der Waals surface area contributed by atoms with Crippen LogP contribution in [0.15, 0.2) is 0 Å². The molecule has 1 heterocycles. The lowest BCUT2D eigenvalue weighted by molar-refractivity contribution is 0.312. The Morgan fingerprint density at radius 1 is 1.26 bits per heavy atom. The van der Waals surface area contributed by atoms with Gasteiger partial charge in [0.2, 0.25) is 11.9 Å². The lowest BCUT2D eigenvalue weighted by atomic mass is 10.4. The van der Waals surface area contributed by atoms with Gasteiger partial charge in [-0.25, -0.2) is 8.42 Å². The third-order valence-electron chi connectivity index (χ3n) is 2.04. The first-order chi connectivity index (χ1) is 8.84. The van der Waals surface area contributed by atoms with E-state index in [0.717, 1.165) is 0 Å². The maximum absolute atomic E-state index is 11.2. The van der Waals surface area contributed by atoms with Gasteiger partial charge in [0.1, 0.15) is 9.84 Å². The van der Waals surface area contributed by atoms with Gasteiger partial charge in [0.25, 0.3) is 0 Å². The fraction of sp³-hybridized carbons (Fsp3) is 0.700. The molecule has 1 unspecified atom stereocenters. The van der Waals surface area contributed by atoms with Crippen molar-refractivity contribution in [3.05, 3.63) is 0 Å². The summed E-state index contributed by atoms with van der Waals surface area (Å²) in [6.45, 7) is 4.00. The Hall–Kier alpha value is -1.64. The zero-order chi connectivity index (χ0) is 14.5. The van der Waals surface area contributed by atoms with Crippen LogP contribution in [-0.2, 0) is 9.84 Å². The van der Waals surface area contributed by atoms with E-state index in [1.54, 1.807) is 14.0 Å². The molecule has 1 atom stereocenters. The molecule has 0 saturated carbocycles. The van der Waals surface area contributed by atoms with Gasteiger partial charge in [0.15, 0.2) is 0 Å². The van der Waals surface area contributed by atoms with Gasteiger partial charge in [-0.15, -0.1) is 0 Å². The SMILES string of the molecule is CCOc1nc(NC)nc(NC(C)CS(C)(=O)=O)n1. The normalized spacial score (nSPS) is 12.8. The highest BCUT2D eigenvalue weighted by atomic mass is 32.2. The molecule has 1 aromatic heterocycles. The van der Waals surface area contributed by atoms with Crippen LogP contribution in [-0.4, -0.2) is 55.1 Å². The van der Waals surface area contributed by atoms with Crippen LogP contribution in [0.2, 0.25) is 0 Å². The predicted molar refractivity (Wildman–Crippen MR) is 73.3 cm³/mol. The van der Waals surface area contributed by atoms with E-state index in [1.165, 1.54) is 6.26 Å². The minimum Gasteiger partial charge on any atom is -0.464 e. The maximum Gasteiger partial charge on any atom is 0.323 e. The molecule has 0 aliphatic heterocycles. The van der Waals surface area contributed by atoms with Gasteiger partial charge < -0.3 is 15.4 Å². The zero-order valence-corrected chi connectivity index (χ0v) is 12.3. The molecule has 0 amide bonds. The highest BCUT2D eigenvalue weighted by molar-refractivity contribution is 7.90. The van der Waals surface area contributed by atoms with Crippen molar-refractivity contribution in [2.75, 3.05) is 36.3 Å². The fourth-order valence-electron chi connectivity index (χ4n) is 1.44. The van der Waals surface area contributed by atoms with Crippen molar-refractivity contribution < 1.29 is 13.2 Å². The van der Waals surface area contributed by atoms with Gasteiger partial charge in [-0.05, 0) is 13.8 Å². The molecule has 0 aliphatic rings. The van der Waals surface area contributed by atoms with E-state index in [0.29, 0.717) is 12.6 Å². The molecule has 0 saturated heterocycles. The second-order valence-corrected chi connectivity index (χ2v) is 6.27. The number of sulfone groups is 1. The largest absolute Gasteiger partial charge is 0.464 e. The lowest BCUT2D eigenvalue weighted by Crippen LogP contribution is -2.26. The Morgan fingerprint density at radius 3 is 2.42 bits per heavy atom. The van der Waals surface area contributed by atoms with Gasteiger partial charge in [-0.2, -0.15) is 15.0 Å². The average Bonchev–Trinajstić information content (AvgIpc) is 2.26. The molecule has 0 fully saturated rings. The van der Waals surface area contributed by atoms with E-state index >= 15 is 0 Å². The Kier molecular flexibility index (Phi) is 5.28. The topological polar surface area (TPSA) is 106 Å². The van der Waals surface area contributed by atoms with Crippen molar-refractivity contribution in [2.24, 2.45) is 0 Å². The molecule has 0 aromatic carbocycles. The number of hydrogen-bond acceptors (Lipinski definition) is 8. The standard InChI is InChI=1S/C10H19N5O3S/c1-5-18-10-14-8(11-3)13-9(15-10)12-7(2)6-19(4,16)17/h7H,5-6H2,1-4H3,(H2,11,12,13,14,15). The first-order valence-corrected chi connectivity index (χ1v) is 7.91. The smallest absolute Gasteiger partial charge is 0.323 e. The van der Waals surface area contributed by atoms with Crippen molar-refractivity contribution in [3.8, 4) is 6.01 Å². The number of rotatable bonds is 7. The summed E-state index contributed by atoms with van der Waals surface area (Å²) in [5.41, 5.74) is 0. The third-order valence-corrected chi connectivity index (χ3v) is 3.15. The minimum absolute atomic E-state index is 0.00244. The highest BCUT2D eigenvalue weighted by Gasteiger charge is 2.13. The maximum atomic E-state index is 11.2. The van der Waals surface area contributed by atoms with Crippen LogP contribution < -0.4 is 15.4 Å². The number of hydrogen-bond donors (Lipinski definition) is 2. The number of anilines is 2. The van der Waals surface area contributed by atoms with E-state index in [4.69, 9.17) is 4.74 Å². The molecule has 108 valence electrons. The third kappa shape index (κ3) is 5.69. The predicted octanol–water partition coefficient (Wildman–Crippen LogP) is 0.157. The summed E-state index contributed by atoms with van der Waals surface area (Å²) >= 11 is 0. The molecule has 0 bridgehead atoms. The first-order valence-electron chi connectivity index (χ1n) is 5.85. The summed E-state index contributed by atoms with van der Waals surface area (Å²) in [6, 6.07) is -0.118. The summed E-state index contributed by atoms with van der Waals surface area (Å²) in [6.07, 6.45) is 1.18. The second-order valence-electron chi connectivity index (χ2n) is 4.09. The zero-order valence-electron chi connectivity index (χ0n) is 11.5. The number of nitrogens with one attached hydrogen (secondary N) is 2. The molecule has 0 aliphatic carbocycles. The van der Waals surface area contributed by atoms with Crippen molar-refractivity contribution >= 4 is 21.7 Å². The Bertz CT molecular complexity index is 520. The van der Waals surface area contributed by atoms with Crippen molar-refractivity contribution in [3.63, 3.8) is 0 Å². The summed E-state index contributed by atoms with van der Waals surface area (Å²) in [5, 5.41) is 5.70. The molecule has 2 N–H and O–H groups in total. The molecule has 19 heavy (non-hydrogen) atoms. The molecular formula is C10H19N5O3S. The van der Waals surface area contributed by atoms with E-state index in [1.807, 2.05) is 6.92 Å². The highest BCUT2D eigenvalue weighted by Crippen LogP contribution is 2.11. The van der Waals surface area contributed by atoms with E-state index in [9.17, 15) is 8.42 Å². The van der Waals surface area contributed by atoms with Crippen molar-refractivity contribution in [1.29, 1.82) is 0 Å². The molecular weight excluding hydrogens is 270 g/mol. The molecule has 0 spiro atoms.